The highest BCUT2D eigenvalue weighted by atomic mass is 16.5. The molecule has 6 heteroatoms. The highest BCUT2D eigenvalue weighted by Gasteiger charge is 2.28. The lowest BCUT2D eigenvalue weighted by Gasteiger charge is -2.25. The topological polar surface area (TPSA) is 55.2 Å². The first-order chi connectivity index (χ1) is 15.5. The highest BCUT2D eigenvalue weighted by Crippen LogP contribution is 2.34. The van der Waals surface area contributed by atoms with Gasteiger partial charge in [-0.15, -0.1) is 0 Å². The van der Waals surface area contributed by atoms with Gasteiger partial charge in [0.1, 0.15) is 5.76 Å². The van der Waals surface area contributed by atoms with Crippen LogP contribution in [0.25, 0.3) is 0 Å². The summed E-state index contributed by atoms with van der Waals surface area (Å²) >= 11 is 0. The SMILES string of the molecule is COc1ccc(CCN(C)C(=O)c2ccoc2CN2c3ccccc3CC2C)cc1OC. The lowest BCUT2D eigenvalue weighted by atomic mass is 10.1. The molecule has 1 amide bonds. The van der Waals surface area contributed by atoms with E-state index in [0.29, 0.717) is 48.4 Å². The molecule has 0 spiro atoms. The van der Waals surface area contributed by atoms with Crippen LogP contribution in [0.4, 0.5) is 5.69 Å². The Labute approximate surface area is 189 Å². The maximum absolute atomic E-state index is 13.2. The predicted octanol–water partition coefficient (Wildman–Crippen LogP) is 4.56. The second-order valence-electron chi connectivity index (χ2n) is 8.23. The monoisotopic (exact) mass is 434 g/mol. The van der Waals surface area contributed by atoms with Gasteiger partial charge in [0, 0.05) is 25.3 Å². The zero-order valence-corrected chi connectivity index (χ0v) is 19.1. The molecule has 32 heavy (non-hydrogen) atoms. The fourth-order valence-electron chi connectivity index (χ4n) is 4.32. The molecule has 6 nitrogen and oxygen atoms in total. The van der Waals surface area contributed by atoms with Gasteiger partial charge < -0.3 is 23.7 Å². The molecule has 1 atom stereocenters. The lowest BCUT2D eigenvalue weighted by molar-refractivity contribution is 0.0794. The van der Waals surface area contributed by atoms with Gasteiger partial charge >= 0.3 is 0 Å². The summed E-state index contributed by atoms with van der Waals surface area (Å²) in [6.45, 7) is 3.37. The third-order valence-corrected chi connectivity index (χ3v) is 6.17. The van der Waals surface area contributed by atoms with Crippen molar-refractivity contribution in [2.75, 3.05) is 32.7 Å². The number of nitrogens with zero attached hydrogens (tertiary/aromatic N) is 2. The number of anilines is 1. The van der Waals surface area contributed by atoms with E-state index < -0.39 is 0 Å². The Morgan fingerprint density at radius 1 is 1.12 bits per heavy atom. The number of rotatable bonds is 8. The van der Waals surface area contributed by atoms with E-state index in [1.165, 1.54) is 11.3 Å². The summed E-state index contributed by atoms with van der Waals surface area (Å²) in [6, 6.07) is 16.4. The average molecular weight is 435 g/mol. The standard InChI is InChI=1S/C26H30N2O4/c1-18-15-20-7-5-6-8-22(20)28(18)17-25-21(12-14-32-25)26(29)27(2)13-11-19-9-10-23(30-3)24(16-19)31-4/h5-10,12,14,16,18H,11,13,15,17H2,1-4H3. The van der Waals surface area contributed by atoms with Crippen molar-refractivity contribution in [1.82, 2.24) is 4.90 Å². The van der Waals surface area contributed by atoms with E-state index in [0.717, 1.165) is 12.0 Å². The van der Waals surface area contributed by atoms with Crippen molar-refractivity contribution in [1.29, 1.82) is 0 Å². The molecule has 168 valence electrons. The van der Waals surface area contributed by atoms with Gasteiger partial charge in [0.15, 0.2) is 11.5 Å². The quantitative estimate of drug-likeness (QED) is 0.520. The Hall–Kier alpha value is -3.41. The molecular weight excluding hydrogens is 404 g/mol. The number of furan rings is 1. The molecule has 3 aromatic rings. The van der Waals surface area contributed by atoms with Crippen molar-refractivity contribution in [3.63, 3.8) is 0 Å². The molecule has 1 unspecified atom stereocenters. The number of likely N-dealkylation sites (N-methyl/N-ethyl adjacent to an activating group) is 1. The molecule has 0 fully saturated rings. The van der Waals surface area contributed by atoms with Gasteiger partial charge in [0.05, 0.1) is 32.6 Å². The predicted molar refractivity (Wildman–Crippen MR) is 125 cm³/mol. The largest absolute Gasteiger partial charge is 0.493 e. The van der Waals surface area contributed by atoms with Crippen LogP contribution in [0.5, 0.6) is 11.5 Å². The number of amides is 1. The van der Waals surface area contributed by atoms with Crippen LogP contribution in [0.1, 0.15) is 34.2 Å². The Balaban J connectivity index is 1.43. The molecule has 2 aromatic carbocycles. The lowest BCUT2D eigenvalue weighted by Crippen LogP contribution is -2.32. The van der Waals surface area contributed by atoms with Crippen LogP contribution < -0.4 is 14.4 Å². The molecule has 2 heterocycles. The van der Waals surface area contributed by atoms with Crippen molar-refractivity contribution in [2.45, 2.75) is 32.4 Å². The van der Waals surface area contributed by atoms with Gasteiger partial charge in [-0.05, 0) is 55.2 Å². The van der Waals surface area contributed by atoms with Crippen molar-refractivity contribution in [3.8, 4) is 11.5 Å². The Bertz CT molecular complexity index is 1090. The van der Waals surface area contributed by atoms with Crippen molar-refractivity contribution in [2.24, 2.45) is 0 Å². The van der Waals surface area contributed by atoms with Crippen molar-refractivity contribution >= 4 is 11.6 Å². The number of carbonyl (C=O) groups excluding carboxylic acids is 1. The van der Waals surface area contributed by atoms with Gasteiger partial charge in [0.2, 0.25) is 0 Å². The number of ether oxygens (including phenoxy) is 2. The minimum Gasteiger partial charge on any atom is -0.493 e. The van der Waals surface area contributed by atoms with Gasteiger partial charge in [-0.25, -0.2) is 0 Å². The summed E-state index contributed by atoms with van der Waals surface area (Å²) in [4.78, 5) is 17.2. The van der Waals surface area contributed by atoms with Gasteiger partial charge in [-0.2, -0.15) is 0 Å². The minimum atomic E-state index is -0.0330. The van der Waals surface area contributed by atoms with Crippen molar-refractivity contribution < 1.29 is 18.7 Å². The Kier molecular flexibility index (Phi) is 6.40. The van der Waals surface area contributed by atoms with Crippen LogP contribution in [0, 0.1) is 0 Å². The summed E-state index contributed by atoms with van der Waals surface area (Å²) in [5.74, 6) is 2.06. The highest BCUT2D eigenvalue weighted by molar-refractivity contribution is 5.95. The maximum atomic E-state index is 13.2. The summed E-state index contributed by atoms with van der Waals surface area (Å²) in [5, 5.41) is 0. The van der Waals surface area contributed by atoms with Crippen LogP contribution in [-0.2, 0) is 19.4 Å². The van der Waals surface area contributed by atoms with E-state index in [-0.39, 0.29) is 5.91 Å². The van der Waals surface area contributed by atoms with Crippen LogP contribution in [0.2, 0.25) is 0 Å². The fraction of sp³-hybridized carbons (Fsp3) is 0.346. The number of carbonyl (C=O) groups is 1. The van der Waals surface area contributed by atoms with Crippen LogP contribution in [0.15, 0.2) is 59.2 Å². The number of methoxy groups -OCH3 is 2. The fourth-order valence-corrected chi connectivity index (χ4v) is 4.32. The van der Waals surface area contributed by atoms with E-state index in [1.807, 2.05) is 25.2 Å². The molecule has 0 radical (unpaired) electrons. The molecule has 0 N–H and O–H groups in total. The van der Waals surface area contributed by atoms with Crippen molar-refractivity contribution in [3.05, 3.63) is 77.2 Å². The van der Waals surface area contributed by atoms with Crippen LogP contribution >= 0.6 is 0 Å². The van der Waals surface area contributed by atoms with Crippen LogP contribution in [0.3, 0.4) is 0 Å². The molecule has 1 aromatic heterocycles. The minimum absolute atomic E-state index is 0.0330. The zero-order chi connectivity index (χ0) is 22.7. The Morgan fingerprint density at radius 2 is 1.91 bits per heavy atom. The first-order valence-electron chi connectivity index (χ1n) is 10.9. The van der Waals surface area contributed by atoms with Crippen LogP contribution in [-0.4, -0.2) is 44.7 Å². The number of hydrogen-bond donors (Lipinski definition) is 0. The number of fused-ring (bicyclic) bond motifs is 1. The second-order valence-corrected chi connectivity index (χ2v) is 8.23. The number of benzene rings is 2. The average Bonchev–Trinajstić information content (AvgIpc) is 3.41. The molecule has 0 aliphatic carbocycles. The first kappa shape index (κ1) is 21.8. The molecule has 1 aliphatic heterocycles. The Morgan fingerprint density at radius 3 is 2.69 bits per heavy atom. The van der Waals surface area contributed by atoms with Gasteiger partial charge in [-0.1, -0.05) is 24.3 Å². The summed E-state index contributed by atoms with van der Waals surface area (Å²) in [7, 11) is 5.07. The van der Waals surface area contributed by atoms with Gasteiger partial charge in [0.25, 0.3) is 5.91 Å². The molecule has 0 saturated carbocycles. The van der Waals surface area contributed by atoms with E-state index in [2.05, 4.69) is 36.1 Å². The van der Waals surface area contributed by atoms with E-state index in [4.69, 9.17) is 13.9 Å². The molecule has 0 saturated heterocycles. The maximum Gasteiger partial charge on any atom is 0.257 e. The second kappa shape index (κ2) is 9.39. The smallest absolute Gasteiger partial charge is 0.257 e. The third kappa shape index (κ3) is 4.31. The summed E-state index contributed by atoms with van der Waals surface area (Å²) < 4.78 is 16.4. The first-order valence-corrected chi connectivity index (χ1v) is 10.9. The molecule has 0 bridgehead atoms. The molecule has 4 rings (SSSR count). The van der Waals surface area contributed by atoms with Gasteiger partial charge in [-0.3, -0.25) is 4.79 Å². The molecule has 1 aliphatic rings. The van der Waals surface area contributed by atoms with E-state index in [9.17, 15) is 4.79 Å². The summed E-state index contributed by atoms with van der Waals surface area (Å²) in [5.41, 5.74) is 4.26. The number of hydrogen-bond acceptors (Lipinski definition) is 5. The third-order valence-electron chi connectivity index (χ3n) is 6.17. The molecular formula is C26H30N2O4. The normalized spacial score (nSPS) is 14.9. The summed E-state index contributed by atoms with van der Waals surface area (Å²) in [6.07, 6.45) is 3.33. The van der Waals surface area contributed by atoms with E-state index in [1.54, 1.807) is 31.4 Å². The number of para-hydroxylation sites is 1. The van der Waals surface area contributed by atoms with E-state index >= 15 is 0 Å². The zero-order valence-electron chi connectivity index (χ0n) is 19.1.